The highest BCUT2D eigenvalue weighted by Gasteiger charge is 2.24. The van der Waals surface area contributed by atoms with Crippen molar-refractivity contribution in [1.82, 2.24) is 15.2 Å². The van der Waals surface area contributed by atoms with Gasteiger partial charge in [-0.2, -0.15) is 0 Å². The maximum atomic E-state index is 12.5. The smallest absolute Gasteiger partial charge is 0.331 e. The van der Waals surface area contributed by atoms with Gasteiger partial charge in [0.15, 0.2) is 6.04 Å². The van der Waals surface area contributed by atoms with Crippen molar-refractivity contribution in [3.05, 3.63) is 52.0 Å². The number of benzene rings is 1. The normalized spacial score (nSPS) is 11.9. The number of esters is 1. The summed E-state index contributed by atoms with van der Waals surface area (Å²) in [5.41, 5.74) is 1.70. The molecule has 0 aliphatic rings. The molecule has 8 heteroatoms. The zero-order valence-corrected chi connectivity index (χ0v) is 17.5. The van der Waals surface area contributed by atoms with Crippen molar-refractivity contribution < 1.29 is 19.1 Å². The quantitative estimate of drug-likeness (QED) is 0.648. The molecule has 1 heterocycles. The molecule has 2 amide bonds. The van der Waals surface area contributed by atoms with Crippen LogP contribution in [0.4, 0.5) is 4.79 Å². The maximum Gasteiger partial charge on any atom is 0.331 e. The third-order valence-electron chi connectivity index (χ3n) is 3.95. The highest BCUT2D eigenvalue weighted by molar-refractivity contribution is 7.09. The number of amides is 2. The van der Waals surface area contributed by atoms with Crippen LogP contribution in [0.1, 0.15) is 36.0 Å². The summed E-state index contributed by atoms with van der Waals surface area (Å²) in [6, 6.07) is 8.09. The Labute approximate surface area is 169 Å². The summed E-state index contributed by atoms with van der Waals surface area (Å²) in [6.07, 6.45) is 0. The van der Waals surface area contributed by atoms with E-state index in [-0.39, 0.29) is 13.2 Å². The van der Waals surface area contributed by atoms with Gasteiger partial charge in [-0.25, -0.2) is 14.6 Å². The Morgan fingerprint density at radius 3 is 2.57 bits per heavy atom. The zero-order chi connectivity index (χ0) is 20.5. The number of thiazole rings is 1. The van der Waals surface area contributed by atoms with Crippen molar-refractivity contribution in [2.45, 2.75) is 39.0 Å². The maximum absolute atomic E-state index is 12.5. The second-order valence-corrected chi connectivity index (χ2v) is 7.63. The summed E-state index contributed by atoms with van der Waals surface area (Å²) in [4.78, 5) is 30.8. The van der Waals surface area contributed by atoms with E-state index in [1.165, 1.54) is 12.0 Å². The fourth-order valence-electron chi connectivity index (χ4n) is 2.40. The van der Waals surface area contributed by atoms with Crippen LogP contribution in [0.25, 0.3) is 0 Å². The molecule has 1 aromatic heterocycles. The van der Waals surface area contributed by atoms with Crippen molar-refractivity contribution in [2.24, 2.45) is 0 Å². The number of nitrogens with one attached hydrogen (secondary N) is 1. The van der Waals surface area contributed by atoms with Gasteiger partial charge in [0.1, 0.15) is 6.61 Å². The first-order valence-corrected chi connectivity index (χ1v) is 9.94. The third-order valence-corrected chi connectivity index (χ3v) is 5.14. The fraction of sp³-hybridized carbons (Fsp3) is 0.450. The average Bonchev–Trinajstić information content (AvgIpc) is 3.15. The van der Waals surface area contributed by atoms with Crippen LogP contribution in [-0.2, 0) is 27.4 Å². The lowest BCUT2D eigenvalue weighted by atomic mass is 10.2. The van der Waals surface area contributed by atoms with Gasteiger partial charge in [0, 0.05) is 25.5 Å². The molecule has 0 fully saturated rings. The van der Waals surface area contributed by atoms with Crippen LogP contribution in [0.15, 0.2) is 35.7 Å². The van der Waals surface area contributed by atoms with E-state index in [9.17, 15) is 9.59 Å². The van der Waals surface area contributed by atoms with Crippen LogP contribution in [-0.4, -0.2) is 48.7 Å². The SMILES string of the molecule is COC[C@H](NC(=O)N(C)Cc1csc(C(C)C)n1)C(=O)OCc1ccccc1. The molecule has 1 N–H and O–H groups in total. The van der Waals surface area contributed by atoms with Crippen LogP contribution in [0.2, 0.25) is 0 Å². The van der Waals surface area contributed by atoms with Crippen molar-refractivity contribution in [2.75, 3.05) is 20.8 Å². The van der Waals surface area contributed by atoms with Gasteiger partial charge in [0.25, 0.3) is 0 Å². The first kappa shape index (κ1) is 21.8. The van der Waals surface area contributed by atoms with Gasteiger partial charge in [0.05, 0.1) is 23.9 Å². The Morgan fingerprint density at radius 2 is 1.96 bits per heavy atom. The van der Waals surface area contributed by atoms with E-state index >= 15 is 0 Å². The van der Waals surface area contributed by atoms with Gasteiger partial charge in [-0.3, -0.25) is 0 Å². The van der Waals surface area contributed by atoms with E-state index in [4.69, 9.17) is 9.47 Å². The summed E-state index contributed by atoms with van der Waals surface area (Å²) in [7, 11) is 3.12. The molecule has 1 atom stereocenters. The molecule has 0 bridgehead atoms. The average molecular weight is 406 g/mol. The van der Waals surface area contributed by atoms with Crippen molar-refractivity contribution >= 4 is 23.3 Å². The van der Waals surface area contributed by atoms with Gasteiger partial charge in [-0.05, 0) is 5.56 Å². The topological polar surface area (TPSA) is 80.8 Å². The van der Waals surface area contributed by atoms with Gasteiger partial charge in [-0.15, -0.1) is 11.3 Å². The van der Waals surface area contributed by atoms with Crippen molar-refractivity contribution in [3.8, 4) is 0 Å². The predicted octanol–water partition coefficient (Wildman–Crippen LogP) is 3.17. The lowest BCUT2D eigenvalue weighted by molar-refractivity contribution is -0.148. The summed E-state index contributed by atoms with van der Waals surface area (Å²) < 4.78 is 10.4. The molecular formula is C20H27N3O4S. The lowest BCUT2D eigenvalue weighted by Gasteiger charge is -2.22. The van der Waals surface area contributed by atoms with Crippen molar-refractivity contribution in [3.63, 3.8) is 0 Å². The summed E-state index contributed by atoms with van der Waals surface area (Å²) in [5, 5.41) is 5.64. The molecule has 0 aliphatic heterocycles. The number of hydrogen-bond acceptors (Lipinski definition) is 6. The molecule has 2 rings (SSSR count). The minimum atomic E-state index is -0.884. The Morgan fingerprint density at radius 1 is 1.25 bits per heavy atom. The number of carbonyl (C=O) groups excluding carboxylic acids is 2. The predicted molar refractivity (Wildman–Crippen MR) is 108 cm³/mol. The summed E-state index contributed by atoms with van der Waals surface area (Å²) in [6.45, 7) is 4.68. The summed E-state index contributed by atoms with van der Waals surface area (Å²) >= 11 is 1.58. The molecule has 0 saturated carbocycles. The number of nitrogens with zero attached hydrogens (tertiary/aromatic N) is 2. The standard InChI is InChI=1S/C20H27N3O4S/c1-14(2)18-21-16(13-28-18)10-23(3)20(25)22-17(12-26-4)19(24)27-11-15-8-6-5-7-9-15/h5-9,13-14,17H,10-12H2,1-4H3,(H,22,25)/t17-/m0/s1. The highest BCUT2D eigenvalue weighted by Crippen LogP contribution is 2.19. The number of hydrogen-bond donors (Lipinski definition) is 1. The first-order chi connectivity index (χ1) is 13.4. The minimum absolute atomic E-state index is 0.0292. The van der Waals surface area contributed by atoms with Gasteiger partial charge >= 0.3 is 12.0 Å². The van der Waals surface area contributed by atoms with Gasteiger partial charge in [0.2, 0.25) is 0 Å². The highest BCUT2D eigenvalue weighted by atomic mass is 32.1. The molecule has 0 saturated heterocycles. The number of ether oxygens (including phenoxy) is 2. The lowest BCUT2D eigenvalue weighted by Crippen LogP contribution is -2.49. The number of aromatic nitrogens is 1. The number of rotatable bonds is 9. The molecule has 0 spiro atoms. The van der Waals surface area contributed by atoms with E-state index in [1.807, 2.05) is 35.7 Å². The first-order valence-electron chi connectivity index (χ1n) is 9.06. The van der Waals surface area contributed by atoms with E-state index < -0.39 is 18.0 Å². The minimum Gasteiger partial charge on any atom is -0.459 e. The molecular weight excluding hydrogens is 378 g/mol. The Kier molecular flexibility index (Phi) is 8.41. The molecule has 28 heavy (non-hydrogen) atoms. The third kappa shape index (κ3) is 6.61. The molecule has 152 valence electrons. The molecule has 1 aromatic carbocycles. The van der Waals surface area contributed by atoms with Gasteiger partial charge < -0.3 is 19.7 Å². The molecule has 0 radical (unpaired) electrons. The molecule has 0 unspecified atom stereocenters. The number of methoxy groups -OCH3 is 1. The zero-order valence-electron chi connectivity index (χ0n) is 16.7. The Balaban J connectivity index is 1.89. The Hall–Kier alpha value is -2.45. The van der Waals surface area contributed by atoms with Crippen molar-refractivity contribution in [1.29, 1.82) is 0 Å². The van der Waals surface area contributed by atoms with E-state index in [0.717, 1.165) is 16.3 Å². The second kappa shape index (κ2) is 10.8. The number of carbonyl (C=O) groups is 2. The van der Waals surface area contributed by atoms with E-state index in [0.29, 0.717) is 12.5 Å². The molecule has 0 aliphatic carbocycles. The van der Waals surface area contributed by atoms with Crippen LogP contribution >= 0.6 is 11.3 Å². The van der Waals surface area contributed by atoms with E-state index in [2.05, 4.69) is 24.1 Å². The number of urea groups is 1. The second-order valence-electron chi connectivity index (χ2n) is 6.74. The summed E-state index contributed by atoms with van der Waals surface area (Å²) in [5.74, 6) is -0.188. The fourth-order valence-corrected chi connectivity index (χ4v) is 3.23. The van der Waals surface area contributed by atoms with E-state index in [1.54, 1.807) is 18.4 Å². The van der Waals surface area contributed by atoms with Crippen LogP contribution in [0.3, 0.4) is 0 Å². The molecule has 7 nitrogen and oxygen atoms in total. The van der Waals surface area contributed by atoms with Crippen LogP contribution < -0.4 is 5.32 Å². The largest absolute Gasteiger partial charge is 0.459 e. The van der Waals surface area contributed by atoms with Gasteiger partial charge in [-0.1, -0.05) is 44.2 Å². The van der Waals surface area contributed by atoms with Crippen LogP contribution in [0.5, 0.6) is 0 Å². The monoisotopic (exact) mass is 405 g/mol. The van der Waals surface area contributed by atoms with Crippen LogP contribution in [0, 0.1) is 0 Å². The molecule has 2 aromatic rings. The Bertz CT molecular complexity index is 764.